The smallest absolute Gasteiger partial charge is 0.267 e. The monoisotopic (exact) mass is 458 g/mol. The van der Waals surface area contributed by atoms with Crippen LogP contribution in [0.4, 0.5) is 5.82 Å². The molecule has 0 radical (unpaired) electrons. The number of rotatable bonds is 3. The van der Waals surface area contributed by atoms with E-state index >= 15 is 0 Å². The lowest BCUT2D eigenvalue weighted by molar-refractivity contribution is -0.141. The van der Waals surface area contributed by atoms with Gasteiger partial charge >= 0.3 is 0 Å². The van der Waals surface area contributed by atoms with Crippen molar-refractivity contribution in [1.29, 1.82) is 0 Å². The predicted octanol–water partition coefficient (Wildman–Crippen LogP) is 3.85. The summed E-state index contributed by atoms with van der Waals surface area (Å²) in [6.45, 7) is 2.85. The molecule has 1 fully saturated rings. The number of benzene rings is 2. The van der Waals surface area contributed by atoms with Gasteiger partial charge in [0.25, 0.3) is 5.91 Å². The first kappa shape index (κ1) is 20.0. The number of hydrogen-bond donors (Lipinski definition) is 0. The number of aromatic nitrogens is 2. The van der Waals surface area contributed by atoms with Crippen molar-refractivity contribution in [2.75, 3.05) is 37.7 Å². The Hall–Kier alpha value is -3.65. The van der Waals surface area contributed by atoms with Gasteiger partial charge in [0.2, 0.25) is 6.10 Å². The fourth-order valence-corrected chi connectivity index (χ4v) is 5.32. The minimum atomic E-state index is -0.612. The van der Waals surface area contributed by atoms with Crippen molar-refractivity contribution in [2.24, 2.45) is 0 Å². The van der Waals surface area contributed by atoms with Crippen molar-refractivity contribution in [1.82, 2.24) is 14.9 Å². The summed E-state index contributed by atoms with van der Waals surface area (Å²) in [6.07, 6.45) is 1.02. The first-order valence-corrected chi connectivity index (χ1v) is 11.9. The maximum Gasteiger partial charge on any atom is 0.267 e. The van der Waals surface area contributed by atoms with Crippen LogP contribution in [0.1, 0.15) is 0 Å². The molecule has 0 unspecified atom stereocenters. The van der Waals surface area contributed by atoms with E-state index in [-0.39, 0.29) is 12.5 Å². The Labute approximate surface area is 195 Å². The standard InChI is InChI=1S/C25H22N4O3S/c30-25(21-14-31-19-8-4-5-9-20(19)32-21)29-12-10-28(11-13-29)23-22-18(17-6-2-1-3-7-17)15-33-24(22)27-16-26-23/h1-9,15-16,21H,10-14H2/t21-/m1/s1. The maximum atomic E-state index is 13.1. The van der Waals surface area contributed by atoms with Crippen molar-refractivity contribution in [2.45, 2.75) is 6.10 Å². The number of anilines is 1. The Morgan fingerprint density at radius 3 is 2.52 bits per heavy atom. The van der Waals surface area contributed by atoms with E-state index in [1.165, 1.54) is 0 Å². The van der Waals surface area contributed by atoms with Crippen LogP contribution in [0, 0.1) is 0 Å². The summed E-state index contributed by atoms with van der Waals surface area (Å²) in [5, 5.41) is 3.23. The maximum absolute atomic E-state index is 13.1. The number of ether oxygens (including phenoxy) is 2. The molecule has 1 saturated heterocycles. The lowest BCUT2D eigenvalue weighted by atomic mass is 10.1. The number of para-hydroxylation sites is 2. The number of amides is 1. The van der Waals surface area contributed by atoms with Crippen molar-refractivity contribution in [3.8, 4) is 22.6 Å². The molecule has 4 aromatic rings. The van der Waals surface area contributed by atoms with Gasteiger partial charge in [-0.25, -0.2) is 9.97 Å². The van der Waals surface area contributed by atoms with E-state index in [1.807, 2.05) is 47.4 Å². The van der Waals surface area contributed by atoms with Crippen LogP contribution in [0.3, 0.4) is 0 Å². The third-order valence-electron chi connectivity index (χ3n) is 6.11. The van der Waals surface area contributed by atoms with E-state index in [0.717, 1.165) is 27.2 Å². The molecule has 0 saturated carbocycles. The van der Waals surface area contributed by atoms with E-state index in [9.17, 15) is 4.79 Å². The van der Waals surface area contributed by atoms with Crippen LogP contribution in [0.15, 0.2) is 66.3 Å². The van der Waals surface area contributed by atoms with Gasteiger partial charge < -0.3 is 19.3 Å². The van der Waals surface area contributed by atoms with Crippen molar-refractivity contribution in [3.05, 3.63) is 66.3 Å². The van der Waals surface area contributed by atoms with Crippen LogP contribution < -0.4 is 14.4 Å². The highest BCUT2D eigenvalue weighted by Crippen LogP contribution is 2.38. The molecule has 1 amide bonds. The van der Waals surface area contributed by atoms with E-state index < -0.39 is 6.10 Å². The Balaban J connectivity index is 1.19. The summed E-state index contributed by atoms with van der Waals surface area (Å²) in [4.78, 5) is 27.3. The molecule has 7 nitrogen and oxygen atoms in total. The number of hydrogen-bond acceptors (Lipinski definition) is 7. The zero-order chi connectivity index (χ0) is 22.2. The fourth-order valence-electron chi connectivity index (χ4n) is 4.41. The van der Waals surface area contributed by atoms with Crippen LogP contribution in [-0.4, -0.2) is 59.7 Å². The number of carbonyl (C=O) groups excluding carboxylic acids is 1. The molecule has 33 heavy (non-hydrogen) atoms. The van der Waals surface area contributed by atoms with Crippen LogP contribution in [0.2, 0.25) is 0 Å². The Morgan fingerprint density at radius 2 is 1.70 bits per heavy atom. The molecule has 6 rings (SSSR count). The summed E-state index contributed by atoms with van der Waals surface area (Å²) >= 11 is 1.63. The second kappa shape index (κ2) is 8.37. The molecule has 0 aliphatic carbocycles. The second-order valence-electron chi connectivity index (χ2n) is 8.07. The van der Waals surface area contributed by atoms with Gasteiger partial charge in [-0.05, 0) is 17.7 Å². The zero-order valence-electron chi connectivity index (χ0n) is 17.9. The predicted molar refractivity (Wildman–Crippen MR) is 128 cm³/mol. The lowest BCUT2D eigenvalue weighted by Crippen LogP contribution is -2.54. The molecular weight excluding hydrogens is 436 g/mol. The molecule has 2 aromatic carbocycles. The highest BCUT2D eigenvalue weighted by atomic mass is 32.1. The minimum absolute atomic E-state index is 0.0301. The van der Waals surface area contributed by atoms with Crippen molar-refractivity contribution >= 4 is 33.3 Å². The third-order valence-corrected chi connectivity index (χ3v) is 7.00. The van der Waals surface area contributed by atoms with E-state index in [2.05, 4.69) is 32.4 Å². The third kappa shape index (κ3) is 3.66. The molecule has 4 heterocycles. The number of thiophene rings is 1. The summed E-state index contributed by atoms with van der Waals surface area (Å²) < 4.78 is 11.7. The zero-order valence-corrected chi connectivity index (χ0v) is 18.7. The molecular formula is C25H22N4O3S. The average molecular weight is 459 g/mol. The summed E-state index contributed by atoms with van der Waals surface area (Å²) in [7, 11) is 0. The van der Waals surface area contributed by atoms with Gasteiger partial charge in [0.15, 0.2) is 11.5 Å². The van der Waals surface area contributed by atoms with Gasteiger partial charge in [0, 0.05) is 37.1 Å². The SMILES string of the molecule is O=C([C@H]1COc2ccccc2O1)N1CCN(c2ncnc3scc(-c4ccccc4)c23)CC1. The minimum Gasteiger partial charge on any atom is -0.485 e. The van der Waals surface area contributed by atoms with Gasteiger partial charge in [-0.3, -0.25) is 4.79 Å². The van der Waals surface area contributed by atoms with Gasteiger partial charge in [0.1, 0.15) is 23.6 Å². The van der Waals surface area contributed by atoms with Crippen LogP contribution in [0.5, 0.6) is 11.5 Å². The van der Waals surface area contributed by atoms with Crippen LogP contribution in [0.25, 0.3) is 21.3 Å². The molecule has 0 spiro atoms. The molecule has 8 heteroatoms. The Morgan fingerprint density at radius 1 is 0.939 bits per heavy atom. The number of fused-ring (bicyclic) bond motifs is 2. The average Bonchev–Trinajstić information content (AvgIpc) is 3.33. The molecule has 1 atom stereocenters. The van der Waals surface area contributed by atoms with E-state index in [1.54, 1.807) is 17.7 Å². The van der Waals surface area contributed by atoms with Gasteiger partial charge in [-0.1, -0.05) is 42.5 Å². The molecule has 166 valence electrons. The Kier molecular flexibility index (Phi) is 5.07. The topological polar surface area (TPSA) is 67.8 Å². The highest BCUT2D eigenvalue weighted by Gasteiger charge is 2.33. The lowest BCUT2D eigenvalue weighted by Gasteiger charge is -2.37. The summed E-state index contributed by atoms with van der Waals surface area (Å²) in [5.74, 6) is 2.20. The number of carbonyl (C=O) groups is 1. The molecule has 2 aliphatic heterocycles. The Bertz CT molecular complexity index is 1300. The van der Waals surface area contributed by atoms with Crippen LogP contribution >= 0.6 is 11.3 Å². The quantitative estimate of drug-likeness (QED) is 0.465. The van der Waals surface area contributed by atoms with Gasteiger partial charge in [0.05, 0.1) is 5.39 Å². The largest absolute Gasteiger partial charge is 0.485 e. The van der Waals surface area contributed by atoms with E-state index in [0.29, 0.717) is 37.7 Å². The first-order chi connectivity index (χ1) is 16.3. The highest BCUT2D eigenvalue weighted by molar-refractivity contribution is 7.17. The van der Waals surface area contributed by atoms with Gasteiger partial charge in [-0.15, -0.1) is 11.3 Å². The van der Waals surface area contributed by atoms with Crippen molar-refractivity contribution < 1.29 is 14.3 Å². The fraction of sp³-hybridized carbons (Fsp3) is 0.240. The first-order valence-electron chi connectivity index (χ1n) is 11.0. The number of nitrogens with zero attached hydrogens (tertiary/aromatic N) is 4. The molecule has 2 aliphatic rings. The second-order valence-corrected chi connectivity index (χ2v) is 8.93. The van der Waals surface area contributed by atoms with Gasteiger partial charge in [-0.2, -0.15) is 0 Å². The summed E-state index contributed by atoms with van der Waals surface area (Å²) in [5.41, 5.74) is 2.31. The molecule has 2 aromatic heterocycles. The summed E-state index contributed by atoms with van der Waals surface area (Å²) in [6, 6.07) is 17.8. The number of piperazine rings is 1. The molecule has 0 bridgehead atoms. The van der Waals surface area contributed by atoms with Crippen LogP contribution in [-0.2, 0) is 4.79 Å². The van der Waals surface area contributed by atoms with E-state index in [4.69, 9.17) is 9.47 Å². The normalized spacial score (nSPS) is 17.9. The van der Waals surface area contributed by atoms with Crippen molar-refractivity contribution in [3.63, 3.8) is 0 Å². The molecule has 0 N–H and O–H groups in total.